The van der Waals surface area contributed by atoms with Crippen LogP contribution in [0.1, 0.15) is 106 Å². The van der Waals surface area contributed by atoms with Crippen LogP contribution in [0.3, 0.4) is 0 Å². The van der Waals surface area contributed by atoms with Gasteiger partial charge in [-0.15, -0.1) is 0 Å². The number of nitrogens with one attached hydrogen (secondary N) is 2. The molecule has 0 bridgehead atoms. The maximum Gasteiger partial charge on any atom is 0.407 e. The number of rotatable bonds is 14. The number of nitrogens with zero attached hydrogens (tertiary/aromatic N) is 2. The van der Waals surface area contributed by atoms with Gasteiger partial charge in [0, 0.05) is 51.2 Å². The van der Waals surface area contributed by atoms with E-state index >= 15 is 0 Å². The zero-order valence-corrected chi connectivity index (χ0v) is 46.1. The molecule has 19 heteroatoms. The molecule has 18 nitrogen and oxygen atoms in total. The minimum Gasteiger partial charge on any atom is -0.459 e. The standard InChI is InChI=1S/C55H87FN4O14/c1-15-42-55(10,66)47(73-51(63)57-26-25-38-19-17-16-18-20-38)36(6)60(13)31-32(2)28-53(8,65)46(72-50-44(61)41(59(11)12)27-33(3)68-50)34(4)45(35(5)49(62)70-42)71-43-29-54(9,67-14)48(37(7)69-43)74-52(64)58-30-39-21-23-40(56)24-22-39/h16-24,32-37,41-48,50,61,65-66H,15,25-31H2,1-14H3,(H,57,63)(H,58,64)/t32-,33-,34+,35-,36-,37+,41+,42-,43+,44-,45+,46-,47-,48+,50+,53+,54-,55-/m1/s1. The van der Waals surface area contributed by atoms with Gasteiger partial charge in [0.05, 0.1) is 35.9 Å². The van der Waals surface area contributed by atoms with Crippen molar-refractivity contribution < 1.29 is 72.0 Å². The number of methoxy groups -OCH3 is 1. The summed E-state index contributed by atoms with van der Waals surface area (Å²) in [6.45, 7) is 18.2. The normalized spacial score (nSPS) is 38.0. The van der Waals surface area contributed by atoms with Crippen molar-refractivity contribution >= 4 is 18.2 Å². The summed E-state index contributed by atoms with van der Waals surface area (Å²) in [5.41, 5.74) is -3.14. The summed E-state index contributed by atoms with van der Waals surface area (Å²) in [5.74, 6) is -3.45. The number of alkyl carbamates (subject to hydrolysis) is 2. The Morgan fingerprint density at radius 3 is 2.12 bits per heavy atom. The van der Waals surface area contributed by atoms with Gasteiger partial charge in [-0.1, -0.05) is 63.2 Å². The molecule has 0 radical (unpaired) electrons. The van der Waals surface area contributed by atoms with Crippen molar-refractivity contribution in [3.63, 3.8) is 0 Å². The lowest BCUT2D eigenvalue weighted by atomic mass is 9.77. The summed E-state index contributed by atoms with van der Waals surface area (Å²) >= 11 is 0. The van der Waals surface area contributed by atoms with Gasteiger partial charge < -0.3 is 68.7 Å². The van der Waals surface area contributed by atoms with Crippen LogP contribution in [0.5, 0.6) is 0 Å². The highest BCUT2D eigenvalue weighted by atomic mass is 19.1. The minimum atomic E-state index is -1.94. The first kappa shape index (κ1) is 60.8. The summed E-state index contributed by atoms with van der Waals surface area (Å²) in [7, 11) is 7.06. The molecule has 18 atom stereocenters. The first-order valence-electron chi connectivity index (χ1n) is 26.2. The van der Waals surface area contributed by atoms with Gasteiger partial charge in [-0.05, 0) is 124 Å². The summed E-state index contributed by atoms with van der Waals surface area (Å²) < 4.78 is 64.6. The Morgan fingerprint density at radius 2 is 1.50 bits per heavy atom. The van der Waals surface area contributed by atoms with Gasteiger partial charge in [0.2, 0.25) is 0 Å². The summed E-state index contributed by atoms with van der Waals surface area (Å²) in [6.07, 6.45) is -10.4. The molecule has 74 heavy (non-hydrogen) atoms. The van der Waals surface area contributed by atoms with E-state index in [1.807, 2.05) is 82.0 Å². The van der Waals surface area contributed by atoms with Gasteiger partial charge in [-0.25, -0.2) is 14.0 Å². The van der Waals surface area contributed by atoms with E-state index in [0.29, 0.717) is 24.9 Å². The van der Waals surface area contributed by atoms with E-state index in [4.69, 9.17) is 37.9 Å². The summed E-state index contributed by atoms with van der Waals surface area (Å²) in [4.78, 5) is 45.6. The number of carbonyl (C=O) groups is 3. The second kappa shape index (κ2) is 26.4. The fraction of sp³-hybridized carbons (Fsp3) is 0.727. The van der Waals surface area contributed by atoms with Crippen LogP contribution in [-0.4, -0.2) is 175 Å². The lowest BCUT2D eigenvalue weighted by molar-refractivity contribution is -0.317. The SMILES string of the molecule is CC[C@H]1OC(=O)[C@H](C)[C@@H](O[C@H]2C[C@@](C)(OC)[C@@H](OC(=O)NCc3ccc(F)cc3)[C@H](C)O2)[C@H](C)[C@@H](O[C@@H]2O[C@H](C)C[C@H](N(C)C)[C@H]2O)[C@@](C)(O)C[C@@H](C)CN(C)[C@H](C)[C@@H](OC(=O)NCCc2ccccc2)[C@]1(C)O. The number of benzene rings is 2. The van der Waals surface area contributed by atoms with Crippen LogP contribution < -0.4 is 10.6 Å². The average Bonchev–Trinajstić information content (AvgIpc) is 3.34. The number of hydrogen-bond donors (Lipinski definition) is 5. The molecular weight excluding hydrogens is 960 g/mol. The van der Waals surface area contributed by atoms with Gasteiger partial charge in [0.15, 0.2) is 24.8 Å². The number of aliphatic hydroxyl groups is 3. The molecule has 0 spiro atoms. The van der Waals surface area contributed by atoms with E-state index in [0.717, 1.165) is 5.56 Å². The lowest BCUT2D eigenvalue weighted by Crippen LogP contribution is -2.61. The van der Waals surface area contributed by atoms with E-state index in [-0.39, 0.29) is 50.4 Å². The molecule has 3 aliphatic heterocycles. The van der Waals surface area contributed by atoms with E-state index in [2.05, 4.69) is 10.6 Å². The molecule has 3 saturated heterocycles. The van der Waals surface area contributed by atoms with Crippen molar-refractivity contribution in [2.45, 2.75) is 198 Å². The van der Waals surface area contributed by atoms with E-state index in [1.54, 1.807) is 53.7 Å². The number of ether oxygens (including phenoxy) is 8. The van der Waals surface area contributed by atoms with Crippen LogP contribution in [0.4, 0.5) is 14.0 Å². The fourth-order valence-electron chi connectivity index (χ4n) is 11.2. The van der Waals surface area contributed by atoms with E-state index in [1.165, 1.54) is 26.2 Å². The van der Waals surface area contributed by atoms with Crippen LogP contribution in [0.15, 0.2) is 54.6 Å². The molecule has 2 aromatic carbocycles. The van der Waals surface area contributed by atoms with Crippen LogP contribution in [0, 0.1) is 23.6 Å². The highest BCUT2D eigenvalue weighted by Gasteiger charge is 2.54. The monoisotopic (exact) mass is 1050 g/mol. The average molecular weight is 1050 g/mol. The van der Waals surface area contributed by atoms with Gasteiger partial charge in [0.25, 0.3) is 0 Å². The second-order valence-corrected chi connectivity index (χ2v) is 22.1. The van der Waals surface area contributed by atoms with Gasteiger partial charge in [-0.3, -0.25) is 9.69 Å². The van der Waals surface area contributed by atoms with Crippen molar-refractivity contribution in [2.75, 3.05) is 41.3 Å². The third-order valence-electron chi connectivity index (χ3n) is 15.5. The molecule has 0 aliphatic carbocycles. The molecule has 2 amide bonds. The number of likely N-dealkylation sites (N-methyl/N-ethyl adjacent to an activating group) is 2. The van der Waals surface area contributed by atoms with Gasteiger partial charge in [-0.2, -0.15) is 0 Å². The zero-order valence-electron chi connectivity index (χ0n) is 46.1. The molecule has 5 N–H and O–H groups in total. The number of hydrogen-bond acceptors (Lipinski definition) is 16. The quantitative estimate of drug-likeness (QED) is 0.109. The number of cyclic esters (lactones) is 1. The Hall–Kier alpha value is -4.02. The molecule has 3 fully saturated rings. The Kier molecular flexibility index (Phi) is 21.7. The largest absolute Gasteiger partial charge is 0.459 e. The zero-order chi connectivity index (χ0) is 54.9. The van der Waals surface area contributed by atoms with Crippen molar-refractivity contribution in [3.8, 4) is 0 Å². The molecule has 3 heterocycles. The first-order chi connectivity index (χ1) is 34.7. The minimum absolute atomic E-state index is 0.00309. The maximum absolute atomic E-state index is 14.9. The number of halogens is 1. The predicted octanol–water partition coefficient (Wildman–Crippen LogP) is 5.95. The Morgan fingerprint density at radius 1 is 0.865 bits per heavy atom. The summed E-state index contributed by atoms with van der Waals surface area (Å²) in [6, 6.07) is 14.4. The highest BCUT2D eigenvalue weighted by Crippen LogP contribution is 2.41. The van der Waals surface area contributed by atoms with Crippen LogP contribution in [-0.2, 0) is 55.7 Å². The second-order valence-electron chi connectivity index (χ2n) is 22.1. The van der Waals surface area contributed by atoms with Gasteiger partial charge >= 0.3 is 18.2 Å². The topological polar surface area (TPSA) is 216 Å². The third kappa shape index (κ3) is 15.6. The van der Waals surface area contributed by atoms with E-state index in [9.17, 15) is 34.1 Å². The summed E-state index contributed by atoms with van der Waals surface area (Å²) in [5, 5.41) is 42.9. The molecule has 5 rings (SSSR count). The molecule has 0 saturated carbocycles. The molecule has 418 valence electrons. The van der Waals surface area contributed by atoms with Crippen molar-refractivity contribution in [2.24, 2.45) is 17.8 Å². The third-order valence-corrected chi connectivity index (χ3v) is 15.5. The predicted molar refractivity (Wildman–Crippen MR) is 274 cm³/mol. The molecule has 0 unspecified atom stereocenters. The van der Waals surface area contributed by atoms with Crippen LogP contribution in [0.25, 0.3) is 0 Å². The molecule has 3 aliphatic rings. The molecular formula is C55H87FN4O14. The number of esters is 1. The first-order valence-corrected chi connectivity index (χ1v) is 26.2. The van der Waals surface area contributed by atoms with E-state index < -0.39 is 114 Å². The Bertz CT molecular complexity index is 2090. The van der Waals surface area contributed by atoms with Crippen molar-refractivity contribution in [1.29, 1.82) is 0 Å². The van der Waals surface area contributed by atoms with Crippen LogP contribution >= 0.6 is 0 Å². The Balaban J connectivity index is 1.51. The number of amides is 2. The lowest BCUT2D eigenvalue weighted by Gasteiger charge is -2.49. The fourth-order valence-corrected chi connectivity index (χ4v) is 11.2. The molecule has 2 aromatic rings. The molecule has 0 aromatic heterocycles. The van der Waals surface area contributed by atoms with Crippen LogP contribution in [0.2, 0.25) is 0 Å². The van der Waals surface area contributed by atoms with Crippen molar-refractivity contribution in [1.82, 2.24) is 20.4 Å². The maximum atomic E-state index is 14.9. The van der Waals surface area contributed by atoms with Crippen molar-refractivity contribution in [3.05, 3.63) is 71.5 Å². The van der Waals surface area contributed by atoms with Gasteiger partial charge in [0.1, 0.15) is 29.2 Å². The number of aliphatic hydroxyl groups excluding tert-OH is 1. The number of carbonyl (C=O) groups excluding carboxylic acids is 3. The highest BCUT2D eigenvalue weighted by molar-refractivity contribution is 5.73. The Labute approximate surface area is 438 Å². The smallest absolute Gasteiger partial charge is 0.407 e.